The molecule has 4 aromatic rings. The van der Waals surface area contributed by atoms with Gasteiger partial charge in [0.15, 0.2) is 11.5 Å². The van der Waals surface area contributed by atoms with Crippen LogP contribution < -0.4 is 35.5 Å². The number of nitrogens with one attached hydrogen (secondary N) is 1. The predicted octanol–water partition coefficient (Wildman–Crippen LogP) is 3.22. The second-order valence-corrected chi connectivity index (χ2v) is 7.92. The maximum Gasteiger partial charge on any atom is 0.336 e. The zero-order chi connectivity index (χ0) is 26.5. The summed E-state index contributed by atoms with van der Waals surface area (Å²) in [6.45, 7) is 2.09. The number of hydrogen-bond donors (Lipinski definition) is 1. The van der Waals surface area contributed by atoms with Crippen molar-refractivity contribution in [3.8, 4) is 28.7 Å². The Morgan fingerprint density at radius 1 is 0.892 bits per heavy atom. The van der Waals surface area contributed by atoms with E-state index in [9.17, 15) is 14.4 Å². The third-order valence-electron chi connectivity index (χ3n) is 5.71. The van der Waals surface area contributed by atoms with Gasteiger partial charge in [-0.05, 0) is 43.3 Å². The molecule has 4 rings (SSSR count). The van der Waals surface area contributed by atoms with Crippen molar-refractivity contribution in [3.05, 3.63) is 81.5 Å². The second-order valence-electron chi connectivity index (χ2n) is 7.92. The summed E-state index contributed by atoms with van der Waals surface area (Å²) in [7, 11) is 4.33. The first-order valence-electron chi connectivity index (χ1n) is 11.5. The van der Waals surface area contributed by atoms with Crippen molar-refractivity contribution in [2.75, 3.05) is 33.3 Å². The topological polar surface area (TPSA) is 110 Å². The van der Waals surface area contributed by atoms with Crippen LogP contribution in [-0.2, 0) is 11.3 Å². The fourth-order valence-electron chi connectivity index (χ4n) is 4.04. The molecule has 0 fully saturated rings. The van der Waals surface area contributed by atoms with Gasteiger partial charge >= 0.3 is 5.69 Å². The van der Waals surface area contributed by atoms with E-state index in [0.717, 1.165) is 4.57 Å². The van der Waals surface area contributed by atoms with Crippen LogP contribution in [0.1, 0.15) is 6.92 Å². The molecule has 192 valence electrons. The monoisotopic (exact) mass is 505 g/mol. The van der Waals surface area contributed by atoms with Crippen LogP contribution in [-0.4, -0.2) is 43.0 Å². The largest absolute Gasteiger partial charge is 0.494 e. The Kier molecular flexibility index (Phi) is 7.47. The van der Waals surface area contributed by atoms with Gasteiger partial charge < -0.3 is 24.3 Å². The van der Waals surface area contributed by atoms with Gasteiger partial charge in [-0.2, -0.15) is 0 Å². The summed E-state index contributed by atoms with van der Waals surface area (Å²) < 4.78 is 23.8. The molecule has 1 heterocycles. The van der Waals surface area contributed by atoms with Crippen LogP contribution in [0.15, 0.2) is 70.3 Å². The van der Waals surface area contributed by atoms with Gasteiger partial charge in [-0.15, -0.1) is 0 Å². The van der Waals surface area contributed by atoms with Crippen molar-refractivity contribution in [1.29, 1.82) is 0 Å². The molecule has 0 radical (unpaired) electrons. The van der Waals surface area contributed by atoms with E-state index in [1.165, 1.54) is 38.0 Å². The fourth-order valence-corrected chi connectivity index (χ4v) is 4.04. The average Bonchev–Trinajstić information content (AvgIpc) is 2.91. The third-order valence-corrected chi connectivity index (χ3v) is 5.71. The highest BCUT2D eigenvalue weighted by atomic mass is 16.5. The molecule has 0 spiro atoms. The second kappa shape index (κ2) is 10.9. The van der Waals surface area contributed by atoms with Crippen molar-refractivity contribution in [1.82, 2.24) is 9.13 Å². The van der Waals surface area contributed by atoms with Crippen molar-refractivity contribution in [2.24, 2.45) is 0 Å². The summed E-state index contributed by atoms with van der Waals surface area (Å²) in [4.78, 5) is 40.1. The lowest BCUT2D eigenvalue weighted by Gasteiger charge is -2.17. The van der Waals surface area contributed by atoms with Gasteiger partial charge in [-0.3, -0.25) is 14.2 Å². The van der Waals surface area contributed by atoms with Gasteiger partial charge in [0, 0.05) is 17.8 Å². The van der Waals surface area contributed by atoms with Crippen molar-refractivity contribution in [2.45, 2.75) is 13.5 Å². The SMILES string of the molecule is CCOc1ccc(NC(=O)Cn2c(=O)n(-c3cc(OC)c(OC)c(OC)c3)c(=O)c3ccccc32)cc1. The highest BCUT2D eigenvalue weighted by molar-refractivity contribution is 5.91. The van der Waals surface area contributed by atoms with Crippen molar-refractivity contribution >= 4 is 22.5 Å². The van der Waals surface area contributed by atoms with Crippen molar-refractivity contribution < 1.29 is 23.7 Å². The summed E-state index contributed by atoms with van der Waals surface area (Å²) >= 11 is 0. The Hall–Kier alpha value is -4.73. The van der Waals surface area contributed by atoms with Gasteiger partial charge in [0.1, 0.15) is 12.3 Å². The van der Waals surface area contributed by atoms with Crippen LogP contribution in [0, 0.1) is 0 Å². The quantitative estimate of drug-likeness (QED) is 0.372. The van der Waals surface area contributed by atoms with E-state index >= 15 is 0 Å². The summed E-state index contributed by atoms with van der Waals surface area (Å²) in [6.07, 6.45) is 0. The van der Waals surface area contributed by atoms with Crippen LogP contribution in [0.5, 0.6) is 23.0 Å². The minimum absolute atomic E-state index is 0.205. The molecule has 0 atom stereocenters. The Balaban J connectivity index is 1.81. The molecular weight excluding hydrogens is 478 g/mol. The van der Waals surface area contributed by atoms with E-state index < -0.39 is 17.2 Å². The lowest BCUT2D eigenvalue weighted by atomic mass is 10.2. The molecule has 0 saturated carbocycles. The number of methoxy groups -OCH3 is 3. The van der Waals surface area contributed by atoms with Gasteiger partial charge in [-0.1, -0.05) is 12.1 Å². The summed E-state index contributed by atoms with van der Waals surface area (Å²) in [5, 5.41) is 3.05. The summed E-state index contributed by atoms with van der Waals surface area (Å²) in [5.74, 6) is 1.11. The lowest BCUT2D eigenvalue weighted by molar-refractivity contribution is -0.116. The van der Waals surface area contributed by atoms with Gasteiger partial charge in [0.05, 0.1) is 44.5 Å². The normalized spacial score (nSPS) is 10.7. The number of fused-ring (bicyclic) bond motifs is 1. The predicted molar refractivity (Wildman–Crippen MR) is 140 cm³/mol. The van der Waals surface area contributed by atoms with Crippen LogP contribution in [0.3, 0.4) is 0 Å². The van der Waals surface area contributed by atoms with E-state index in [1.54, 1.807) is 48.5 Å². The molecule has 0 unspecified atom stereocenters. The number of carbonyl (C=O) groups excluding carboxylic acids is 1. The molecule has 1 amide bonds. The maximum absolute atomic E-state index is 13.7. The maximum atomic E-state index is 13.7. The van der Waals surface area contributed by atoms with E-state index in [2.05, 4.69) is 5.32 Å². The fraction of sp³-hybridized carbons (Fsp3) is 0.222. The lowest BCUT2D eigenvalue weighted by Crippen LogP contribution is -2.40. The Bertz CT molecular complexity index is 1530. The Morgan fingerprint density at radius 3 is 2.14 bits per heavy atom. The van der Waals surface area contributed by atoms with E-state index in [-0.39, 0.29) is 29.1 Å². The molecule has 1 aromatic heterocycles. The zero-order valence-electron chi connectivity index (χ0n) is 20.9. The number of aromatic nitrogens is 2. The molecular formula is C27H27N3O7. The van der Waals surface area contributed by atoms with Crippen LogP contribution in [0.2, 0.25) is 0 Å². The van der Waals surface area contributed by atoms with Crippen LogP contribution >= 0.6 is 0 Å². The highest BCUT2D eigenvalue weighted by Crippen LogP contribution is 2.38. The number of benzene rings is 3. The standard InChI is InChI=1S/C27H27N3O7/c1-5-37-19-12-10-17(11-13-19)28-24(31)16-29-21-9-7-6-8-20(21)26(32)30(27(29)33)18-14-22(34-2)25(36-4)23(15-18)35-3/h6-15H,5,16H2,1-4H3,(H,28,31). The number of amides is 1. The first kappa shape index (κ1) is 25.4. The minimum atomic E-state index is -0.695. The highest BCUT2D eigenvalue weighted by Gasteiger charge is 2.20. The molecule has 37 heavy (non-hydrogen) atoms. The van der Waals surface area contributed by atoms with Crippen LogP contribution in [0.25, 0.3) is 16.6 Å². The number of rotatable bonds is 9. The summed E-state index contributed by atoms with van der Waals surface area (Å²) in [6, 6.07) is 16.5. The molecule has 0 aliphatic carbocycles. The number of ether oxygens (including phenoxy) is 4. The van der Waals surface area contributed by atoms with Gasteiger partial charge in [0.2, 0.25) is 11.7 Å². The van der Waals surface area contributed by atoms with Crippen molar-refractivity contribution in [3.63, 3.8) is 0 Å². The first-order chi connectivity index (χ1) is 17.9. The number of anilines is 1. The average molecular weight is 506 g/mol. The van der Waals surface area contributed by atoms with Gasteiger partial charge in [-0.25, -0.2) is 9.36 Å². The van der Waals surface area contributed by atoms with Gasteiger partial charge in [0.25, 0.3) is 5.56 Å². The molecule has 0 saturated heterocycles. The molecule has 0 aliphatic rings. The minimum Gasteiger partial charge on any atom is -0.494 e. The molecule has 10 nitrogen and oxygen atoms in total. The number of para-hydroxylation sites is 1. The molecule has 3 aromatic carbocycles. The molecule has 0 aliphatic heterocycles. The molecule has 1 N–H and O–H groups in total. The number of carbonyl (C=O) groups is 1. The van der Waals surface area contributed by atoms with E-state index in [1.807, 2.05) is 6.92 Å². The first-order valence-corrected chi connectivity index (χ1v) is 11.5. The third kappa shape index (κ3) is 4.99. The van der Waals surface area contributed by atoms with Crippen LogP contribution in [0.4, 0.5) is 5.69 Å². The molecule has 0 bridgehead atoms. The van der Waals surface area contributed by atoms with E-state index in [0.29, 0.717) is 29.3 Å². The zero-order valence-corrected chi connectivity index (χ0v) is 20.9. The smallest absolute Gasteiger partial charge is 0.336 e. The Morgan fingerprint density at radius 2 is 1.54 bits per heavy atom. The Labute approximate surface area is 212 Å². The number of nitrogens with zero attached hydrogens (tertiary/aromatic N) is 2. The summed E-state index contributed by atoms with van der Waals surface area (Å²) in [5.41, 5.74) is -0.152. The molecule has 10 heteroatoms. The van der Waals surface area contributed by atoms with E-state index in [4.69, 9.17) is 18.9 Å². The number of hydrogen-bond acceptors (Lipinski definition) is 7.